The van der Waals surface area contributed by atoms with Crippen molar-refractivity contribution in [3.05, 3.63) is 72.6 Å². The lowest BCUT2D eigenvalue weighted by atomic mass is 10.1. The minimum Gasteiger partial charge on any atom is -0.315 e. The molecule has 0 aliphatic heterocycles. The van der Waals surface area contributed by atoms with Gasteiger partial charge in [-0.25, -0.2) is 13.1 Å². The summed E-state index contributed by atoms with van der Waals surface area (Å²) in [7, 11) is -3.55. The van der Waals surface area contributed by atoms with E-state index < -0.39 is 10.0 Å². The fraction of sp³-hybridized carbons (Fsp3) is 0.286. The van der Waals surface area contributed by atoms with E-state index in [-0.39, 0.29) is 35.8 Å². The van der Waals surface area contributed by atoms with Crippen LogP contribution in [0.1, 0.15) is 18.9 Å². The van der Waals surface area contributed by atoms with E-state index in [9.17, 15) is 8.42 Å². The number of pyridine rings is 1. The second-order valence-electron chi connectivity index (χ2n) is 6.70. The number of halogens is 2. The summed E-state index contributed by atoms with van der Waals surface area (Å²) in [4.78, 5) is 4.32. The van der Waals surface area contributed by atoms with Crippen LogP contribution in [0.5, 0.6) is 0 Å². The van der Waals surface area contributed by atoms with Gasteiger partial charge < -0.3 is 5.32 Å². The molecule has 0 radical (unpaired) electrons. The second-order valence-corrected chi connectivity index (χ2v) is 8.41. The van der Waals surface area contributed by atoms with Crippen molar-refractivity contribution in [1.82, 2.24) is 15.0 Å². The molecule has 1 atom stereocenters. The summed E-state index contributed by atoms with van der Waals surface area (Å²) in [6.07, 6.45) is 5.41. The monoisotopic (exact) mass is 455 g/mol. The summed E-state index contributed by atoms with van der Waals surface area (Å²) >= 11 is 0. The van der Waals surface area contributed by atoms with Crippen LogP contribution >= 0.6 is 24.8 Å². The summed E-state index contributed by atoms with van der Waals surface area (Å²) in [5, 5.41) is 5.11. The van der Waals surface area contributed by atoms with Gasteiger partial charge in [0.25, 0.3) is 0 Å². The zero-order valence-corrected chi connectivity index (χ0v) is 18.7. The first-order valence-corrected chi connectivity index (χ1v) is 10.6. The van der Waals surface area contributed by atoms with Crippen LogP contribution in [0.15, 0.2) is 71.9 Å². The van der Waals surface area contributed by atoms with Gasteiger partial charge in [-0.1, -0.05) is 36.4 Å². The van der Waals surface area contributed by atoms with Gasteiger partial charge in [0, 0.05) is 30.4 Å². The summed E-state index contributed by atoms with van der Waals surface area (Å²) in [5.74, 6) is 0. The molecule has 1 heterocycles. The summed E-state index contributed by atoms with van der Waals surface area (Å²) in [6.45, 7) is 3.31. The molecule has 2 N–H and O–H groups in total. The van der Waals surface area contributed by atoms with E-state index in [1.165, 1.54) is 5.56 Å². The zero-order chi connectivity index (χ0) is 19.1. The molecule has 3 aromatic rings. The van der Waals surface area contributed by atoms with Crippen molar-refractivity contribution in [2.75, 3.05) is 13.1 Å². The largest absolute Gasteiger partial charge is 0.315 e. The Labute approximate surface area is 185 Å². The number of hydrogen-bond donors (Lipinski definition) is 2. The molecule has 0 fully saturated rings. The molecule has 8 heteroatoms. The number of sulfonamides is 1. The van der Waals surface area contributed by atoms with E-state index in [0.717, 1.165) is 30.2 Å². The first kappa shape index (κ1) is 25.3. The maximum Gasteiger partial charge on any atom is 0.240 e. The van der Waals surface area contributed by atoms with Crippen molar-refractivity contribution in [3.8, 4) is 0 Å². The average molecular weight is 456 g/mol. The molecule has 29 heavy (non-hydrogen) atoms. The standard InChI is InChI=1S/C21H25N3O2S.2ClH/c1-17(15-22-12-5-8-18-6-3-2-4-7-18)24-27(25,26)21-10-9-20-16-23-13-11-19(20)14-21;;/h2-4,6-7,9-11,13-14,16-17,22,24H,5,8,12,15H2,1H3;2*1H/t17-;;/m1../s1. The molecular weight excluding hydrogens is 429 g/mol. The molecule has 0 aliphatic carbocycles. The predicted molar refractivity (Wildman–Crippen MR) is 124 cm³/mol. The van der Waals surface area contributed by atoms with E-state index in [1.807, 2.05) is 31.2 Å². The normalized spacial score (nSPS) is 12.0. The fourth-order valence-corrected chi connectivity index (χ4v) is 4.26. The Hall–Kier alpha value is -1.70. The molecule has 0 bridgehead atoms. The first-order chi connectivity index (χ1) is 13.0. The maximum atomic E-state index is 12.6. The number of nitrogens with zero attached hydrogens (tertiary/aromatic N) is 1. The van der Waals surface area contributed by atoms with Crippen LogP contribution in [0.25, 0.3) is 10.8 Å². The molecular formula is C21H27Cl2N3O2S. The highest BCUT2D eigenvalue weighted by atomic mass is 35.5. The van der Waals surface area contributed by atoms with Crippen molar-refractivity contribution in [3.63, 3.8) is 0 Å². The molecule has 3 rings (SSSR count). The summed E-state index contributed by atoms with van der Waals surface area (Å²) in [6, 6.07) is 17.0. The Balaban J connectivity index is 0.00000210. The molecule has 0 unspecified atom stereocenters. The third-order valence-corrected chi connectivity index (χ3v) is 5.98. The van der Waals surface area contributed by atoms with Gasteiger partial charge in [0.05, 0.1) is 4.90 Å². The molecule has 0 amide bonds. The summed E-state index contributed by atoms with van der Waals surface area (Å²) in [5.41, 5.74) is 1.32. The molecule has 158 valence electrons. The van der Waals surface area contributed by atoms with Gasteiger partial charge in [-0.15, -0.1) is 24.8 Å². The third kappa shape index (κ3) is 7.57. The molecule has 5 nitrogen and oxygen atoms in total. The van der Waals surface area contributed by atoms with Crippen LogP contribution in [-0.4, -0.2) is 32.5 Å². The van der Waals surface area contributed by atoms with Gasteiger partial charge in [0.15, 0.2) is 0 Å². The second kappa shape index (κ2) is 12.1. The Bertz CT molecular complexity index is 985. The predicted octanol–water partition coefficient (Wildman–Crippen LogP) is 3.97. The van der Waals surface area contributed by atoms with Crippen molar-refractivity contribution < 1.29 is 8.42 Å². The maximum absolute atomic E-state index is 12.6. The van der Waals surface area contributed by atoms with E-state index in [0.29, 0.717) is 6.54 Å². The molecule has 1 aromatic heterocycles. The quantitative estimate of drug-likeness (QED) is 0.478. The van der Waals surface area contributed by atoms with Crippen molar-refractivity contribution in [1.29, 1.82) is 0 Å². The topological polar surface area (TPSA) is 71.1 Å². The molecule has 0 saturated heterocycles. The van der Waals surface area contributed by atoms with Crippen LogP contribution < -0.4 is 10.0 Å². The number of aryl methyl sites for hydroxylation is 1. The number of hydrogen-bond acceptors (Lipinski definition) is 4. The van der Waals surface area contributed by atoms with Crippen molar-refractivity contribution in [2.24, 2.45) is 0 Å². The van der Waals surface area contributed by atoms with E-state index in [4.69, 9.17) is 0 Å². The minimum atomic E-state index is -3.55. The third-order valence-electron chi connectivity index (χ3n) is 4.39. The Kier molecular flexibility index (Phi) is 10.6. The average Bonchev–Trinajstić information content (AvgIpc) is 2.68. The van der Waals surface area contributed by atoms with Crippen LogP contribution in [0.2, 0.25) is 0 Å². The van der Waals surface area contributed by atoms with E-state index in [1.54, 1.807) is 30.6 Å². The van der Waals surface area contributed by atoms with Gasteiger partial charge >= 0.3 is 0 Å². The zero-order valence-electron chi connectivity index (χ0n) is 16.2. The van der Waals surface area contributed by atoms with Crippen LogP contribution in [0.3, 0.4) is 0 Å². The Morgan fingerprint density at radius 2 is 1.76 bits per heavy atom. The van der Waals surface area contributed by atoms with Gasteiger partial charge in [-0.3, -0.25) is 4.98 Å². The number of fused-ring (bicyclic) bond motifs is 1. The molecule has 0 aliphatic rings. The first-order valence-electron chi connectivity index (χ1n) is 9.15. The van der Waals surface area contributed by atoms with Crippen LogP contribution in [0.4, 0.5) is 0 Å². The molecule has 2 aromatic carbocycles. The lowest BCUT2D eigenvalue weighted by molar-refractivity contribution is 0.532. The minimum absolute atomic E-state index is 0. The van der Waals surface area contributed by atoms with Gasteiger partial charge in [-0.2, -0.15) is 0 Å². The smallest absolute Gasteiger partial charge is 0.240 e. The number of nitrogens with one attached hydrogen (secondary N) is 2. The lowest BCUT2D eigenvalue weighted by Crippen LogP contribution is -2.40. The number of aromatic nitrogens is 1. The van der Waals surface area contributed by atoms with E-state index >= 15 is 0 Å². The van der Waals surface area contributed by atoms with Crippen LogP contribution in [0, 0.1) is 0 Å². The highest BCUT2D eigenvalue weighted by Crippen LogP contribution is 2.18. The van der Waals surface area contributed by atoms with Crippen molar-refractivity contribution in [2.45, 2.75) is 30.7 Å². The van der Waals surface area contributed by atoms with Crippen LogP contribution in [-0.2, 0) is 16.4 Å². The van der Waals surface area contributed by atoms with Gasteiger partial charge in [-0.05, 0) is 55.5 Å². The highest BCUT2D eigenvalue weighted by molar-refractivity contribution is 7.89. The highest BCUT2D eigenvalue weighted by Gasteiger charge is 2.17. The van der Waals surface area contributed by atoms with Crippen molar-refractivity contribution >= 4 is 45.6 Å². The number of rotatable bonds is 9. The Morgan fingerprint density at radius 1 is 1.00 bits per heavy atom. The molecule has 0 spiro atoms. The number of benzene rings is 2. The summed E-state index contributed by atoms with van der Waals surface area (Å²) < 4.78 is 28.0. The lowest BCUT2D eigenvalue weighted by Gasteiger charge is -2.15. The van der Waals surface area contributed by atoms with E-state index in [2.05, 4.69) is 27.2 Å². The molecule has 0 saturated carbocycles. The van der Waals surface area contributed by atoms with Gasteiger partial charge in [0.1, 0.15) is 0 Å². The fourth-order valence-electron chi connectivity index (χ4n) is 2.98. The van der Waals surface area contributed by atoms with Gasteiger partial charge in [0.2, 0.25) is 10.0 Å². The SMILES string of the molecule is C[C@H](CNCCCc1ccccc1)NS(=O)(=O)c1ccc2cnccc2c1.Cl.Cl. The Morgan fingerprint density at radius 3 is 2.52 bits per heavy atom.